The van der Waals surface area contributed by atoms with E-state index < -0.39 is 0 Å². The molecular formula is C16H17N3. The van der Waals surface area contributed by atoms with Crippen LogP contribution in [0.2, 0.25) is 0 Å². The predicted octanol–water partition coefficient (Wildman–Crippen LogP) is 3.60. The number of pyridine rings is 1. The summed E-state index contributed by atoms with van der Waals surface area (Å²) in [6.07, 6.45) is 5.78. The molecule has 0 bridgehead atoms. The van der Waals surface area contributed by atoms with E-state index in [4.69, 9.17) is 0 Å². The van der Waals surface area contributed by atoms with Gasteiger partial charge in [0.15, 0.2) is 0 Å². The third-order valence-corrected chi connectivity index (χ3v) is 3.31. The van der Waals surface area contributed by atoms with Crippen molar-refractivity contribution >= 4 is 10.9 Å². The molecule has 3 rings (SSSR count). The van der Waals surface area contributed by atoms with Gasteiger partial charge in [0, 0.05) is 24.0 Å². The minimum absolute atomic E-state index is 0.547. The smallest absolute Gasteiger partial charge is 0.0923 e. The van der Waals surface area contributed by atoms with E-state index in [-0.39, 0.29) is 0 Å². The molecule has 3 aromatic rings. The third kappa shape index (κ3) is 2.50. The van der Waals surface area contributed by atoms with Gasteiger partial charge in [-0.3, -0.25) is 9.67 Å². The fourth-order valence-corrected chi connectivity index (χ4v) is 2.21. The second-order valence-electron chi connectivity index (χ2n) is 5.16. The van der Waals surface area contributed by atoms with Gasteiger partial charge >= 0.3 is 0 Å². The highest BCUT2D eigenvalue weighted by Crippen LogP contribution is 2.20. The first-order chi connectivity index (χ1) is 9.22. The number of hydrogen-bond acceptors (Lipinski definition) is 2. The average Bonchev–Trinajstić information content (AvgIpc) is 2.80. The molecule has 2 aromatic heterocycles. The van der Waals surface area contributed by atoms with Crippen LogP contribution < -0.4 is 0 Å². The molecule has 0 spiro atoms. The molecule has 1 aromatic carbocycles. The lowest BCUT2D eigenvalue weighted by Crippen LogP contribution is -1.99. The summed E-state index contributed by atoms with van der Waals surface area (Å²) in [6.45, 7) is 5.18. The van der Waals surface area contributed by atoms with E-state index in [0.717, 1.165) is 12.1 Å². The van der Waals surface area contributed by atoms with Crippen LogP contribution in [0.5, 0.6) is 0 Å². The van der Waals surface area contributed by atoms with Gasteiger partial charge in [0.1, 0.15) is 0 Å². The molecule has 0 aliphatic rings. The van der Waals surface area contributed by atoms with Crippen LogP contribution in [-0.2, 0) is 6.54 Å². The Morgan fingerprint density at radius 1 is 1.21 bits per heavy atom. The summed E-state index contributed by atoms with van der Waals surface area (Å²) in [5.74, 6) is 0.547. The lowest BCUT2D eigenvalue weighted by molar-refractivity contribution is 0.693. The van der Waals surface area contributed by atoms with Gasteiger partial charge in [-0.05, 0) is 35.2 Å². The van der Waals surface area contributed by atoms with E-state index in [0.29, 0.717) is 5.92 Å². The van der Waals surface area contributed by atoms with Crippen LogP contribution in [0.3, 0.4) is 0 Å². The molecule has 0 N–H and O–H groups in total. The van der Waals surface area contributed by atoms with Crippen molar-refractivity contribution in [2.24, 2.45) is 0 Å². The summed E-state index contributed by atoms with van der Waals surface area (Å²) in [4.78, 5) is 4.13. The molecular weight excluding hydrogens is 234 g/mol. The van der Waals surface area contributed by atoms with Crippen LogP contribution in [0.25, 0.3) is 10.9 Å². The molecule has 0 amide bonds. The summed E-state index contributed by atoms with van der Waals surface area (Å²) in [5, 5.41) is 5.80. The Hall–Kier alpha value is -2.16. The van der Waals surface area contributed by atoms with Crippen LogP contribution in [0.4, 0.5) is 0 Å². The number of nitrogens with zero attached hydrogens (tertiary/aromatic N) is 3. The van der Waals surface area contributed by atoms with Crippen molar-refractivity contribution in [3.05, 3.63) is 60.0 Å². The van der Waals surface area contributed by atoms with Crippen LogP contribution >= 0.6 is 0 Å². The highest BCUT2D eigenvalue weighted by molar-refractivity contribution is 5.78. The van der Waals surface area contributed by atoms with Crippen molar-refractivity contribution in [2.45, 2.75) is 26.3 Å². The molecule has 19 heavy (non-hydrogen) atoms. The fourth-order valence-electron chi connectivity index (χ4n) is 2.21. The van der Waals surface area contributed by atoms with Crippen LogP contribution in [-0.4, -0.2) is 14.8 Å². The molecule has 0 saturated heterocycles. The number of hydrogen-bond donors (Lipinski definition) is 0. The van der Waals surface area contributed by atoms with Crippen molar-refractivity contribution < 1.29 is 0 Å². The Balaban J connectivity index is 1.93. The number of rotatable bonds is 3. The average molecular weight is 251 g/mol. The third-order valence-electron chi connectivity index (χ3n) is 3.31. The SMILES string of the molecule is CC(C)c1ccc2nn(Cc3cccnc3)cc2c1. The first kappa shape index (κ1) is 11.9. The Labute approximate surface area is 112 Å². The second kappa shape index (κ2) is 4.84. The molecule has 0 unspecified atom stereocenters. The minimum Gasteiger partial charge on any atom is -0.267 e. The Bertz CT molecular complexity index is 684. The molecule has 0 saturated carbocycles. The van der Waals surface area contributed by atoms with Gasteiger partial charge in [0.05, 0.1) is 12.1 Å². The zero-order chi connectivity index (χ0) is 13.2. The molecule has 0 atom stereocenters. The van der Waals surface area contributed by atoms with E-state index in [2.05, 4.69) is 54.4 Å². The second-order valence-corrected chi connectivity index (χ2v) is 5.16. The molecule has 0 aliphatic heterocycles. The molecule has 96 valence electrons. The monoisotopic (exact) mass is 251 g/mol. The summed E-state index contributed by atoms with van der Waals surface area (Å²) >= 11 is 0. The van der Waals surface area contributed by atoms with Crippen molar-refractivity contribution in [1.82, 2.24) is 14.8 Å². The summed E-state index contributed by atoms with van der Waals surface area (Å²) in [6, 6.07) is 10.5. The van der Waals surface area contributed by atoms with Crippen LogP contribution in [0.1, 0.15) is 30.9 Å². The zero-order valence-electron chi connectivity index (χ0n) is 11.2. The molecule has 2 heterocycles. The van der Waals surface area contributed by atoms with Crippen molar-refractivity contribution in [3.63, 3.8) is 0 Å². The maximum absolute atomic E-state index is 4.60. The van der Waals surface area contributed by atoms with E-state index >= 15 is 0 Å². The molecule has 0 aliphatic carbocycles. The maximum Gasteiger partial charge on any atom is 0.0923 e. The molecule has 0 fully saturated rings. The largest absolute Gasteiger partial charge is 0.267 e. The van der Waals surface area contributed by atoms with E-state index in [1.807, 2.05) is 16.9 Å². The van der Waals surface area contributed by atoms with Crippen molar-refractivity contribution in [3.8, 4) is 0 Å². The quantitative estimate of drug-likeness (QED) is 0.712. The minimum atomic E-state index is 0.547. The van der Waals surface area contributed by atoms with E-state index in [1.165, 1.54) is 16.5 Å². The molecule has 3 nitrogen and oxygen atoms in total. The normalized spacial score (nSPS) is 11.3. The van der Waals surface area contributed by atoms with E-state index in [9.17, 15) is 0 Å². The van der Waals surface area contributed by atoms with Gasteiger partial charge in [0.2, 0.25) is 0 Å². The highest BCUT2D eigenvalue weighted by atomic mass is 15.3. The predicted molar refractivity (Wildman–Crippen MR) is 77.2 cm³/mol. The maximum atomic E-state index is 4.60. The number of benzene rings is 1. The van der Waals surface area contributed by atoms with Crippen molar-refractivity contribution in [1.29, 1.82) is 0 Å². The standard InChI is InChI=1S/C16H17N3/c1-12(2)14-5-6-16-15(8-14)11-19(18-16)10-13-4-3-7-17-9-13/h3-9,11-12H,10H2,1-2H3. The molecule has 0 radical (unpaired) electrons. The first-order valence-electron chi connectivity index (χ1n) is 6.58. The van der Waals surface area contributed by atoms with Gasteiger partial charge in [0.25, 0.3) is 0 Å². The van der Waals surface area contributed by atoms with Crippen molar-refractivity contribution in [2.75, 3.05) is 0 Å². The van der Waals surface area contributed by atoms with Gasteiger partial charge < -0.3 is 0 Å². The van der Waals surface area contributed by atoms with Gasteiger partial charge in [-0.25, -0.2) is 0 Å². The van der Waals surface area contributed by atoms with Gasteiger partial charge in [-0.1, -0.05) is 26.0 Å². The Morgan fingerprint density at radius 3 is 2.84 bits per heavy atom. The Kier molecular flexibility index (Phi) is 3.03. The summed E-state index contributed by atoms with van der Waals surface area (Å²) in [7, 11) is 0. The van der Waals surface area contributed by atoms with Gasteiger partial charge in [-0.15, -0.1) is 0 Å². The summed E-state index contributed by atoms with van der Waals surface area (Å²) < 4.78 is 1.98. The zero-order valence-corrected chi connectivity index (χ0v) is 11.2. The number of fused-ring (bicyclic) bond motifs is 1. The highest BCUT2D eigenvalue weighted by Gasteiger charge is 2.05. The first-order valence-corrected chi connectivity index (χ1v) is 6.58. The lowest BCUT2D eigenvalue weighted by Gasteiger charge is -2.03. The lowest BCUT2D eigenvalue weighted by atomic mass is 10.0. The molecule has 3 heteroatoms. The van der Waals surface area contributed by atoms with Gasteiger partial charge in [-0.2, -0.15) is 5.10 Å². The summed E-state index contributed by atoms with van der Waals surface area (Å²) in [5.41, 5.74) is 3.57. The van der Waals surface area contributed by atoms with E-state index in [1.54, 1.807) is 6.20 Å². The van der Waals surface area contributed by atoms with Crippen LogP contribution in [0, 0.1) is 0 Å². The fraction of sp³-hybridized carbons (Fsp3) is 0.250. The topological polar surface area (TPSA) is 30.7 Å². The van der Waals surface area contributed by atoms with Crippen LogP contribution in [0.15, 0.2) is 48.9 Å². The number of aromatic nitrogens is 3. The Morgan fingerprint density at radius 2 is 2.11 bits per heavy atom.